The molecule has 26 heavy (non-hydrogen) atoms. The number of rotatable bonds is 6. The lowest BCUT2D eigenvalue weighted by Gasteiger charge is -2.16. The van der Waals surface area contributed by atoms with Crippen LogP contribution in [-0.2, 0) is 16.1 Å². The van der Waals surface area contributed by atoms with Crippen LogP contribution in [0.3, 0.4) is 0 Å². The Hall–Kier alpha value is -2.51. The van der Waals surface area contributed by atoms with Crippen molar-refractivity contribution in [2.75, 3.05) is 23.4 Å². The molecule has 1 aliphatic heterocycles. The molecule has 10 heteroatoms. The standard InChI is InChI=1S/C16H21N7O2S/c1-9-10(2)23(7-11-4-3-5-25-11)14(12(9)6-17)19-13(24)8-26-16-20-15(18)21-22-16/h11H,3-5,7-8H2,1-2H3,(H,19,24)(H3,18,20,21,22)/t11-/m1/s1. The molecule has 1 amide bonds. The zero-order valence-corrected chi connectivity index (χ0v) is 15.5. The molecule has 4 N–H and O–H groups in total. The molecule has 0 bridgehead atoms. The van der Waals surface area contributed by atoms with Crippen LogP contribution >= 0.6 is 11.8 Å². The van der Waals surface area contributed by atoms with Gasteiger partial charge in [0.15, 0.2) is 0 Å². The van der Waals surface area contributed by atoms with Gasteiger partial charge in [-0.05, 0) is 32.3 Å². The van der Waals surface area contributed by atoms with Crippen molar-refractivity contribution >= 4 is 29.4 Å². The smallest absolute Gasteiger partial charge is 0.235 e. The molecule has 138 valence electrons. The molecule has 0 unspecified atom stereocenters. The normalized spacial score (nSPS) is 16.6. The maximum Gasteiger partial charge on any atom is 0.235 e. The molecule has 3 rings (SSSR count). The van der Waals surface area contributed by atoms with E-state index in [1.165, 1.54) is 11.8 Å². The summed E-state index contributed by atoms with van der Waals surface area (Å²) in [5.74, 6) is 0.612. The predicted octanol–water partition coefficient (Wildman–Crippen LogP) is 1.59. The number of thioether (sulfide) groups is 1. The van der Waals surface area contributed by atoms with Crippen LogP contribution in [0.1, 0.15) is 29.7 Å². The fourth-order valence-electron chi connectivity index (χ4n) is 2.97. The van der Waals surface area contributed by atoms with Gasteiger partial charge in [0, 0.05) is 12.3 Å². The molecule has 0 radical (unpaired) electrons. The number of carbonyl (C=O) groups is 1. The second kappa shape index (κ2) is 7.80. The van der Waals surface area contributed by atoms with Gasteiger partial charge in [0.1, 0.15) is 11.9 Å². The third-order valence-electron chi connectivity index (χ3n) is 4.42. The van der Waals surface area contributed by atoms with E-state index in [-0.39, 0.29) is 23.7 Å². The van der Waals surface area contributed by atoms with Crippen molar-refractivity contribution in [3.63, 3.8) is 0 Å². The summed E-state index contributed by atoms with van der Waals surface area (Å²) in [4.78, 5) is 16.3. The number of H-pyrrole nitrogens is 1. The highest BCUT2D eigenvalue weighted by atomic mass is 32.2. The molecule has 1 fully saturated rings. The lowest BCUT2D eigenvalue weighted by atomic mass is 10.2. The van der Waals surface area contributed by atoms with Crippen molar-refractivity contribution in [3.05, 3.63) is 16.8 Å². The van der Waals surface area contributed by atoms with Gasteiger partial charge in [-0.2, -0.15) is 10.2 Å². The minimum absolute atomic E-state index is 0.105. The fourth-order valence-corrected chi connectivity index (χ4v) is 3.58. The lowest BCUT2D eigenvalue weighted by molar-refractivity contribution is -0.113. The molecular formula is C16H21N7O2S. The van der Waals surface area contributed by atoms with Crippen molar-refractivity contribution in [3.8, 4) is 6.07 Å². The number of amides is 1. The lowest BCUT2D eigenvalue weighted by Crippen LogP contribution is -2.22. The Bertz CT molecular complexity index is 846. The number of aromatic nitrogens is 4. The van der Waals surface area contributed by atoms with Crippen LogP contribution in [0.5, 0.6) is 0 Å². The number of anilines is 2. The van der Waals surface area contributed by atoms with E-state index in [0.717, 1.165) is 30.7 Å². The molecule has 3 heterocycles. The summed E-state index contributed by atoms with van der Waals surface area (Å²) < 4.78 is 7.68. The van der Waals surface area contributed by atoms with E-state index in [0.29, 0.717) is 23.1 Å². The van der Waals surface area contributed by atoms with Gasteiger partial charge in [0.25, 0.3) is 0 Å². The first-order valence-corrected chi connectivity index (χ1v) is 9.30. The SMILES string of the molecule is Cc1c(C#N)c(NC(=O)CSc2n[nH]c(N)n2)n(C[C@H]2CCCO2)c1C. The van der Waals surface area contributed by atoms with Crippen LogP contribution in [0.15, 0.2) is 5.16 Å². The van der Waals surface area contributed by atoms with Gasteiger partial charge in [0.2, 0.25) is 17.0 Å². The number of ether oxygens (including phenoxy) is 1. The second-order valence-corrected chi connectivity index (χ2v) is 7.07. The molecule has 0 aliphatic carbocycles. The monoisotopic (exact) mass is 375 g/mol. The third-order valence-corrected chi connectivity index (χ3v) is 5.27. The van der Waals surface area contributed by atoms with Gasteiger partial charge in [-0.15, -0.1) is 5.10 Å². The van der Waals surface area contributed by atoms with Crippen LogP contribution in [-0.4, -0.2) is 44.1 Å². The van der Waals surface area contributed by atoms with Gasteiger partial charge in [0.05, 0.1) is 24.0 Å². The minimum atomic E-state index is -0.235. The highest BCUT2D eigenvalue weighted by molar-refractivity contribution is 7.99. The largest absolute Gasteiger partial charge is 0.376 e. The van der Waals surface area contributed by atoms with E-state index in [1.807, 2.05) is 18.4 Å². The van der Waals surface area contributed by atoms with Crippen LogP contribution < -0.4 is 11.1 Å². The zero-order chi connectivity index (χ0) is 18.7. The Labute approximate surface area is 155 Å². The quantitative estimate of drug-likeness (QED) is 0.652. The summed E-state index contributed by atoms with van der Waals surface area (Å²) in [5, 5.41) is 19.2. The summed E-state index contributed by atoms with van der Waals surface area (Å²) in [6, 6.07) is 2.20. The van der Waals surface area contributed by atoms with Gasteiger partial charge in [-0.25, -0.2) is 5.10 Å². The van der Waals surface area contributed by atoms with E-state index in [1.54, 1.807) is 0 Å². The molecule has 0 saturated carbocycles. The number of nitrogens with one attached hydrogen (secondary N) is 2. The van der Waals surface area contributed by atoms with E-state index >= 15 is 0 Å². The number of nitrogens with two attached hydrogens (primary N) is 1. The van der Waals surface area contributed by atoms with Crippen molar-refractivity contribution < 1.29 is 9.53 Å². The number of carbonyl (C=O) groups excluding carboxylic acids is 1. The highest BCUT2D eigenvalue weighted by Crippen LogP contribution is 2.28. The van der Waals surface area contributed by atoms with Gasteiger partial charge in [-0.1, -0.05) is 11.8 Å². The van der Waals surface area contributed by atoms with E-state index in [4.69, 9.17) is 10.5 Å². The molecule has 1 atom stereocenters. The van der Waals surface area contributed by atoms with Crippen molar-refractivity contribution in [2.45, 2.75) is 44.5 Å². The first kappa shape index (κ1) is 18.3. The van der Waals surface area contributed by atoms with Crippen molar-refractivity contribution in [2.24, 2.45) is 0 Å². The molecule has 1 aliphatic rings. The summed E-state index contributed by atoms with van der Waals surface area (Å²) >= 11 is 1.17. The number of hydrogen-bond acceptors (Lipinski definition) is 7. The highest BCUT2D eigenvalue weighted by Gasteiger charge is 2.24. The molecule has 0 spiro atoms. The number of hydrogen-bond donors (Lipinski definition) is 3. The van der Waals surface area contributed by atoms with Crippen molar-refractivity contribution in [1.82, 2.24) is 19.7 Å². The van der Waals surface area contributed by atoms with Crippen LogP contribution in [0, 0.1) is 25.2 Å². The second-order valence-electron chi connectivity index (χ2n) is 6.13. The van der Waals surface area contributed by atoms with Crippen LogP contribution in [0.25, 0.3) is 0 Å². The topological polar surface area (TPSA) is 135 Å². The Kier molecular flexibility index (Phi) is 5.49. The van der Waals surface area contributed by atoms with E-state index in [9.17, 15) is 10.1 Å². The molecule has 9 nitrogen and oxygen atoms in total. The summed E-state index contributed by atoms with van der Waals surface area (Å²) in [6.07, 6.45) is 2.12. The zero-order valence-electron chi connectivity index (χ0n) is 14.7. The minimum Gasteiger partial charge on any atom is -0.376 e. The van der Waals surface area contributed by atoms with Crippen LogP contribution in [0.4, 0.5) is 11.8 Å². The number of aromatic amines is 1. The van der Waals surface area contributed by atoms with E-state index < -0.39 is 0 Å². The maximum absolute atomic E-state index is 12.4. The van der Waals surface area contributed by atoms with Crippen LogP contribution in [0.2, 0.25) is 0 Å². The first-order valence-electron chi connectivity index (χ1n) is 8.31. The van der Waals surface area contributed by atoms with Gasteiger partial charge < -0.3 is 20.4 Å². The summed E-state index contributed by atoms with van der Waals surface area (Å²) in [7, 11) is 0. The van der Waals surface area contributed by atoms with E-state index in [2.05, 4.69) is 26.6 Å². The maximum atomic E-state index is 12.4. The number of nitriles is 1. The summed E-state index contributed by atoms with van der Waals surface area (Å²) in [5.41, 5.74) is 7.79. The first-order chi connectivity index (χ1) is 12.5. The summed E-state index contributed by atoms with van der Waals surface area (Å²) in [6.45, 7) is 5.22. The third kappa shape index (κ3) is 3.84. The predicted molar refractivity (Wildman–Crippen MR) is 97.7 cm³/mol. The molecule has 0 aromatic carbocycles. The Morgan fingerprint density at radius 2 is 2.38 bits per heavy atom. The Morgan fingerprint density at radius 1 is 1.58 bits per heavy atom. The average molecular weight is 375 g/mol. The average Bonchev–Trinajstić information content (AvgIpc) is 3.32. The number of nitrogens with zero attached hydrogens (tertiary/aromatic N) is 4. The molecule has 1 saturated heterocycles. The molecular weight excluding hydrogens is 354 g/mol. The van der Waals surface area contributed by atoms with Gasteiger partial charge in [-0.3, -0.25) is 4.79 Å². The fraction of sp³-hybridized carbons (Fsp3) is 0.500. The van der Waals surface area contributed by atoms with Gasteiger partial charge >= 0.3 is 0 Å². The Balaban J connectivity index is 1.75. The Morgan fingerprint density at radius 3 is 3.00 bits per heavy atom. The molecule has 2 aromatic heterocycles. The van der Waals surface area contributed by atoms with Crippen molar-refractivity contribution in [1.29, 1.82) is 5.26 Å². The number of nitrogen functional groups attached to an aromatic ring is 1. The molecule has 2 aromatic rings.